The monoisotopic (exact) mass is 288 g/mol. The molecule has 2 nitrogen and oxygen atoms in total. The highest BCUT2D eigenvalue weighted by molar-refractivity contribution is 6.31. The molecule has 2 aromatic rings. The molecule has 1 aromatic heterocycles. The summed E-state index contributed by atoms with van der Waals surface area (Å²) < 4.78 is 36.9. The van der Waals surface area contributed by atoms with Gasteiger partial charge in [0.15, 0.2) is 0 Å². The Morgan fingerprint density at radius 1 is 1.32 bits per heavy atom. The topological polar surface area (TPSA) is 24.9 Å². The van der Waals surface area contributed by atoms with E-state index in [2.05, 4.69) is 10.3 Å². The summed E-state index contributed by atoms with van der Waals surface area (Å²) in [5.74, 6) is 0. The van der Waals surface area contributed by atoms with Crippen LogP contribution < -0.4 is 5.32 Å². The van der Waals surface area contributed by atoms with Crippen LogP contribution in [0.3, 0.4) is 0 Å². The van der Waals surface area contributed by atoms with Crippen LogP contribution in [0, 0.1) is 0 Å². The number of benzene rings is 1. The third-order valence-electron chi connectivity index (χ3n) is 2.64. The fourth-order valence-corrected chi connectivity index (χ4v) is 2.08. The van der Waals surface area contributed by atoms with Gasteiger partial charge in [-0.05, 0) is 31.2 Å². The second-order valence-electron chi connectivity index (χ2n) is 4.38. The van der Waals surface area contributed by atoms with Crippen LogP contribution in [0.4, 0.5) is 18.9 Å². The number of hydrogen-bond donors (Lipinski definition) is 1. The fraction of sp³-hybridized carbons (Fsp3) is 0.308. The lowest BCUT2D eigenvalue weighted by Crippen LogP contribution is -2.23. The molecule has 0 amide bonds. The van der Waals surface area contributed by atoms with Gasteiger partial charge in [0.1, 0.15) is 0 Å². The van der Waals surface area contributed by atoms with Gasteiger partial charge in [-0.2, -0.15) is 13.2 Å². The third kappa shape index (κ3) is 3.73. The normalized spacial score (nSPS) is 13.5. The summed E-state index contributed by atoms with van der Waals surface area (Å²) in [6.07, 6.45) is -3.52. The quantitative estimate of drug-likeness (QED) is 0.890. The van der Waals surface area contributed by atoms with E-state index in [9.17, 15) is 13.2 Å². The molecular formula is C13H12ClF3N2. The number of nitrogens with zero attached hydrogens (tertiary/aromatic N) is 1. The molecule has 0 aliphatic heterocycles. The first-order valence-corrected chi connectivity index (χ1v) is 6.10. The summed E-state index contributed by atoms with van der Waals surface area (Å²) in [5, 5.41) is 4.15. The predicted octanol–water partition coefficient (Wildman–Crippen LogP) is 4.64. The molecule has 0 radical (unpaired) electrons. The van der Waals surface area contributed by atoms with Gasteiger partial charge in [-0.1, -0.05) is 11.6 Å². The van der Waals surface area contributed by atoms with E-state index in [1.165, 1.54) is 6.92 Å². The van der Waals surface area contributed by atoms with Crippen LogP contribution in [0.15, 0.2) is 30.5 Å². The van der Waals surface area contributed by atoms with Crippen LogP contribution in [0.1, 0.15) is 13.3 Å². The molecule has 1 unspecified atom stereocenters. The predicted molar refractivity (Wildman–Crippen MR) is 70.5 cm³/mol. The maximum Gasteiger partial charge on any atom is 0.391 e. The molecule has 1 aromatic carbocycles. The standard InChI is InChI=1S/C13H12ClF3N2/c1-8(7-13(15,16)17)19-11-4-5-18-12-6-9(14)2-3-10(11)12/h2-6,8H,7H2,1H3,(H,18,19). The summed E-state index contributed by atoms with van der Waals surface area (Å²) in [5.41, 5.74) is 1.27. The second kappa shape index (κ2) is 5.25. The molecule has 0 aliphatic rings. The second-order valence-corrected chi connectivity index (χ2v) is 4.82. The molecule has 1 atom stereocenters. The van der Waals surface area contributed by atoms with Crippen molar-refractivity contribution in [3.05, 3.63) is 35.5 Å². The number of anilines is 1. The molecule has 0 saturated carbocycles. The summed E-state index contributed by atoms with van der Waals surface area (Å²) in [4.78, 5) is 4.14. The lowest BCUT2D eigenvalue weighted by atomic mass is 10.1. The average Bonchev–Trinajstić information content (AvgIpc) is 2.26. The fourth-order valence-electron chi connectivity index (χ4n) is 1.91. The van der Waals surface area contributed by atoms with Gasteiger partial charge in [0.05, 0.1) is 11.9 Å². The van der Waals surface area contributed by atoms with E-state index in [-0.39, 0.29) is 0 Å². The van der Waals surface area contributed by atoms with Crippen LogP contribution in [-0.4, -0.2) is 17.2 Å². The van der Waals surface area contributed by atoms with Gasteiger partial charge in [0, 0.05) is 28.3 Å². The van der Waals surface area contributed by atoms with Gasteiger partial charge in [0.25, 0.3) is 0 Å². The highest BCUT2D eigenvalue weighted by Gasteiger charge is 2.30. The summed E-state index contributed by atoms with van der Waals surface area (Å²) in [7, 11) is 0. The van der Waals surface area contributed by atoms with Crippen molar-refractivity contribution < 1.29 is 13.2 Å². The molecule has 0 spiro atoms. The Kier molecular flexibility index (Phi) is 3.85. The molecule has 102 valence electrons. The van der Waals surface area contributed by atoms with Gasteiger partial charge >= 0.3 is 6.18 Å². The molecule has 1 N–H and O–H groups in total. The molecule has 6 heteroatoms. The van der Waals surface area contributed by atoms with Crippen molar-refractivity contribution in [1.82, 2.24) is 4.98 Å². The SMILES string of the molecule is CC(CC(F)(F)F)Nc1ccnc2cc(Cl)ccc12. The van der Waals surface area contributed by atoms with Gasteiger partial charge in [-0.15, -0.1) is 0 Å². The van der Waals surface area contributed by atoms with Crippen molar-refractivity contribution in [2.75, 3.05) is 5.32 Å². The zero-order valence-electron chi connectivity index (χ0n) is 10.1. The van der Waals surface area contributed by atoms with Crippen molar-refractivity contribution in [3.8, 4) is 0 Å². The molecule has 0 saturated heterocycles. The largest absolute Gasteiger partial charge is 0.391 e. The van der Waals surface area contributed by atoms with Gasteiger partial charge in [0.2, 0.25) is 0 Å². The van der Waals surface area contributed by atoms with Crippen molar-refractivity contribution in [3.63, 3.8) is 0 Å². The minimum absolute atomic E-state index is 0.542. The highest BCUT2D eigenvalue weighted by Crippen LogP contribution is 2.27. The van der Waals surface area contributed by atoms with Gasteiger partial charge in [-0.3, -0.25) is 4.98 Å². The Morgan fingerprint density at radius 2 is 2.05 bits per heavy atom. The first-order chi connectivity index (χ1) is 8.85. The van der Waals surface area contributed by atoms with Crippen LogP contribution in [-0.2, 0) is 0 Å². The Bertz CT molecular complexity index is 584. The number of hydrogen-bond acceptors (Lipinski definition) is 2. The molecule has 0 fully saturated rings. The average molecular weight is 289 g/mol. The van der Waals surface area contributed by atoms with E-state index < -0.39 is 18.6 Å². The van der Waals surface area contributed by atoms with E-state index in [0.29, 0.717) is 16.2 Å². The van der Waals surface area contributed by atoms with E-state index in [0.717, 1.165) is 5.39 Å². The maximum atomic E-state index is 12.3. The van der Waals surface area contributed by atoms with Crippen molar-refractivity contribution >= 4 is 28.2 Å². The lowest BCUT2D eigenvalue weighted by Gasteiger charge is -2.18. The molecule has 2 rings (SSSR count). The first-order valence-electron chi connectivity index (χ1n) is 5.73. The first kappa shape index (κ1) is 13.9. The zero-order valence-corrected chi connectivity index (χ0v) is 10.9. The van der Waals surface area contributed by atoms with Crippen LogP contribution in [0.5, 0.6) is 0 Å². The van der Waals surface area contributed by atoms with Gasteiger partial charge in [-0.25, -0.2) is 0 Å². The molecule has 0 aliphatic carbocycles. The van der Waals surface area contributed by atoms with Crippen LogP contribution >= 0.6 is 11.6 Å². The van der Waals surface area contributed by atoms with E-state index in [1.807, 2.05) is 0 Å². The minimum Gasteiger partial charge on any atom is -0.382 e. The smallest absolute Gasteiger partial charge is 0.382 e. The Hall–Kier alpha value is -1.49. The van der Waals surface area contributed by atoms with E-state index in [1.54, 1.807) is 30.5 Å². The van der Waals surface area contributed by atoms with Crippen molar-refractivity contribution in [1.29, 1.82) is 0 Å². The molecular weight excluding hydrogens is 277 g/mol. The molecule has 19 heavy (non-hydrogen) atoms. The van der Waals surface area contributed by atoms with Crippen LogP contribution in [0.25, 0.3) is 10.9 Å². The van der Waals surface area contributed by atoms with Gasteiger partial charge < -0.3 is 5.32 Å². The number of fused-ring (bicyclic) bond motifs is 1. The van der Waals surface area contributed by atoms with Crippen molar-refractivity contribution in [2.45, 2.75) is 25.6 Å². The minimum atomic E-state index is -4.18. The summed E-state index contributed by atoms with van der Waals surface area (Å²) in [6, 6.07) is 6.05. The molecule has 0 bridgehead atoms. The zero-order chi connectivity index (χ0) is 14.0. The maximum absolute atomic E-state index is 12.3. The number of pyridine rings is 1. The lowest BCUT2D eigenvalue weighted by molar-refractivity contribution is -0.136. The number of aromatic nitrogens is 1. The van der Waals surface area contributed by atoms with E-state index in [4.69, 9.17) is 11.6 Å². The Balaban J connectivity index is 2.26. The number of alkyl halides is 3. The van der Waals surface area contributed by atoms with Crippen molar-refractivity contribution in [2.24, 2.45) is 0 Å². The third-order valence-corrected chi connectivity index (χ3v) is 2.88. The Morgan fingerprint density at radius 3 is 2.74 bits per heavy atom. The number of halogens is 4. The van der Waals surface area contributed by atoms with Crippen LogP contribution in [0.2, 0.25) is 5.02 Å². The molecule has 1 heterocycles. The summed E-state index contributed by atoms with van der Waals surface area (Å²) in [6.45, 7) is 1.50. The highest BCUT2D eigenvalue weighted by atomic mass is 35.5. The van der Waals surface area contributed by atoms with E-state index >= 15 is 0 Å². The number of nitrogens with one attached hydrogen (secondary N) is 1. The number of rotatable bonds is 3. The Labute approximate surface area is 113 Å². The summed E-state index contributed by atoms with van der Waals surface area (Å²) >= 11 is 5.85.